The van der Waals surface area contributed by atoms with Crippen molar-refractivity contribution in [1.82, 2.24) is 9.88 Å². The van der Waals surface area contributed by atoms with Crippen LogP contribution >= 0.6 is 0 Å². The van der Waals surface area contributed by atoms with E-state index < -0.39 is 11.7 Å². The third-order valence-corrected chi connectivity index (χ3v) is 4.07. The largest absolute Gasteiger partial charge is 0.472 e. The van der Waals surface area contributed by atoms with Crippen LogP contribution < -0.4 is 10.1 Å². The van der Waals surface area contributed by atoms with E-state index in [1.165, 1.54) is 12.1 Å². The van der Waals surface area contributed by atoms with Gasteiger partial charge >= 0.3 is 12.2 Å². The summed E-state index contributed by atoms with van der Waals surface area (Å²) in [6.07, 6.45) is -2.19. The Kier molecular flexibility index (Phi) is 5.01. The van der Waals surface area contributed by atoms with Crippen LogP contribution in [0.1, 0.15) is 17.5 Å². The van der Waals surface area contributed by atoms with Gasteiger partial charge in [0, 0.05) is 30.9 Å². The number of ether oxygens (including phenoxy) is 1. The predicted octanol–water partition coefficient (Wildman–Crippen LogP) is 4.09. The van der Waals surface area contributed by atoms with Crippen LogP contribution in [0.3, 0.4) is 0 Å². The molecule has 1 unspecified atom stereocenters. The molecule has 2 aromatic rings. The van der Waals surface area contributed by atoms with Crippen molar-refractivity contribution >= 4 is 11.7 Å². The fourth-order valence-corrected chi connectivity index (χ4v) is 2.65. The number of hydrogen-bond acceptors (Lipinski definition) is 3. The van der Waals surface area contributed by atoms with Crippen molar-refractivity contribution in [3.63, 3.8) is 0 Å². The Balaban J connectivity index is 1.53. The van der Waals surface area contributed by atoms with Gasteiger partial charge in [0.2, 0.25) is 5.88 Å². The SMILES string of the molecule is Cc1ccc(OC2CCN(C(=O)Nc3ccc(C(F)(F)F)cc3)C2)nc1. The number of amides is 2. The molecule has 1 aromatic carbocycles. The molecule has 0 aliphatic carbocycles. The molecule has 1 atom stereocenters. The lowest BCUT2D eigenvalue weighted by Gasteiger charge is -2.18. The number of benzene rings is 1. The molecule has 0 saturated carbocycles. The summed E-state index contributed by atoms with van der Waals surface area (Å²) < 4.78 is 43.4. The molecule has 0 bridgehead atoms. The summed E-state index contributed by atoms with van der Waals surface area (Å²) in [7, 11) is 0. The number of alkyl halides is 3. The van der Waals surface area contributed by atoms with Crippen molar-refractivity contribution in [3.05, 3.63) is 53.7 Å². The van der Waals surface area contributed by atoms with E-state index in [0.29, 0.717) is 31.1 Å². The second kappa shape index (κ2) is 7.23. The van der Waals surface area contributed by atoms with E-state index in [0.717, 1.165) is 17.7 Å². The second-order valence-electron chi connectivity index (χ2n) is 6.15. The van der Waals surface area contributed by atoms with Gasteiger partial charge in [0.1, 0.15) is 6.10 Å². The van der Waals surface area contributed by atoms with Crippen molar-refractivity contribution in [2.24, 2.45) is 0 Å². The lowest BCUT2D eigenvalue weighted by molar-refractivity contribution is -0.137. The third kappa shape index (κ3) is 4.44. The zero-order valence-corrected chi connectivity index (χ0v) is 14.1. The lowest BCUT2D eigenvalue weighted by Crippen LogP contribution is -2.34. The number of likely N-dealkylation sites (tertiary alicyclic amines) is 1. The van der Waals surface area contributed by atoms with Gasteiger partial charge in [-0.15, -0.1) is 0 Å². The molecule has 8 heteroatoms. The first-order chi connectivity index (χ1) is 12.3. The number of pyridine rings is 1. The van der Waals surface area contributed by atoms with Gasteiger partial charge in [0.05, 0.1) is 12.1 Å². The minimum Gasteiger partial charge on any atom is -0.472 e. The minimum atomic E-state index is -4.40. The average Bonchev–Trinajstić information content (AvgIpc) is 3.05. The number of aryl methyl sites for hydroxylation is 1. The fraction of sp³-hybridized carbons (Fsp3) is 0.333. The van der Waals surface area contributed by atoms with E-state index >= 15 is 0 Å². The van der Waals surface area contributed by atoms with Gasteiger partial charge in [0.15, 0.2) is 0 Å². The van der Waals surface area contributed by atoms with Gasteiger partial charge in [-0.3, -0.25) is 0 Å². The third-order valence-electron chi connectivity index (χ3n) is 4.07. The Morgan fingerprint density at radius 2 is 1.96 bits per heavy atom. The maximum Gasteiger partial charge on any atom is 0.416 e. The molecule has 26 heavy (non-hydrogen) atoms. The molecular weight excluding hydrogens is 347 g/mol. The highest BCUT2D eigenvalue weighted by atomic mass is 19.4. The Labute approximate surface area is 148 Å². The molecular formula is C18H18F3N3O2. The highest BCUT2D eigenvalue weighted by molar-refractivity contribution is 5.89. The molecule has 1 fully saturated rings. The first-order valence-corrected chi connectivity index (χ1v) is 8.14. The van der Waals surface area contributed by atoms with E-state index in [1.54, 1.807) is 17.2 Å². The molecule has 2 heterocycles. The van der Waals surface area contributed by atoms with Crippen LogP contribution in [0.5, 0.6) is 5.88 Å². The van der Waals surface area contributed by atoms with Crippen LogP contribution in [0.15, 0.2) is 42.6 Å². The number of carbonyl (C=O) groups excluding carboxylic acids is 1. The number of nitrogens with zero attached hydrogens (tertiary/aromatic N) is 2. The molecule has 138 valence electrons. The van der Waals surface area contributed by atoms with Gasteiger partial charge in [-0.1, -0.05) is 6.07 Å². The monoisotopic (exact) mass is 365 g/mol. The summed E-state index contributed by atoms with van der Waals surface area (Å²) in [6, 6.07) is 7.66. The summed E-state index contributed by atoms with van der Waals surface area (Å²) in [5.41, 5.74) is 0.588. The predicted molar refractivity (Wildman–Crippen MR) is 90.0 cm³/mol. The van der Waals surface area contributed by atoms with Crippen molar-refractivity contribution in [3.8, 4) is 5.88 Å². The zero-order chi connectivity index (χ0) is 18.7. The number of nitrogens with one attached hydrogen (secondary N) is 1. The van der Waals surface area contributed by atoms with Crippen molar-refractivity contribution < 1.29 is 22.7 Å². The van der Waals surface area contributed by atoms with Crippen molar-refractivity contribution in [2.75, 3.05) is 18.4 Å². The molecule has 0 radical (unpaired) electrons. The normalized spacial score (nSPS) is 17.2. The van der Waals surface area contributed by atoms with Gasteiger partial charge < -0.3 is 15.0 Å². The van der Waals surface area contributed by atoms with Gasteiger partial charge in [-0.05, 0) is 36.8 Å². The smallest absolute Gasteiger partial charge is 0.416 e. The number of aromatic nitrogens is 1. The Morgan fingerprint density at radius 3 is 2.58 bits per heavy atom. The van der Waals surface area contributed by atoms with E-state index in [1.807, 2.05) is 13.0 Å². The first kappa shape index (κ1) is 18.0. The molecule has 5 nitrogen and oxygen atoms in total. The minimum absolute atomic E-state index is 0.163. The van der Waals surface area contributed by atoms with Gasteiger partial charge in [-0.2, -0.15) is 13.2 Å². The summed E-state index contributed by atoms with van der Waals surface area (Å²) >= 11 is 0. The molecule has 1 N–H and O–H groups in total. The highest BCUT2D eigenvalue weighted by Gasteiger charge is 2.30. The quantitative estimate of drug-likeness (QED) is 0.891. The van der Waals surface area contributed by atoms with Crippen LogP contribution in [-0.2, 0) is 6.18 Å². The number of carbonyl (C=O) groups is 1. The molecule has 2 amide bonds. The number of rotatable bonds is 3. The Hall–Kier alpha value is -2.77. The summed E-state index contributed by atoms with van der Waals surface area (Å²) in [6.45, 7) is 2.82. The maximum atomic E-state index is 12.6. The zero-order valence-electron chi connectivity index (χ0n) is 14.1. The molecule has 1 saturated heterocycles. The average molecular weight is 365 g/mol. The topological polar surface area (TPSA) is 54.5 Å². The van der Waals surface area contributed by atoms with Gasteiger partial charge in [-0.25, -0.2) is 9.78 Å². The van der Waals surface area contributed by atoms with Crippen LogP contribution in [0.4, 0.5) is 23.7 Å². The van der Waals surface area contributed by atoms with E-state index in [-0.39, 0.29) is 12.1 Å². The van der Waals surface area contributed by atoms with Crippen molar-refractivity contribution in [1.29, 1.82) is 0 Å². The molecule has 1 aliphatic rings. The molecule has 3 rings (SSSR count). The molecule has 1 aromatic heterocycles. The number of hydrogen-bond donors (Lipinski definition) is 1. The standard InChI is InChI=1S/C18H18F3N3O2/c1-12-2-7-16(22-10-12)26-15-8-9-24(11-15)17(25)23-14-5-3-13(4-6-14)18(19,20)21/h2-7,10,15H,8-9,11H2,1H3,(H,23,25). The van der Waals surface area contributed by atoms with Crippen LogP contribution in [0.25, 0.3) is 0 Å². The second-order valence-corrected chi connectivity index (χ2v) is 6.15. The maximum absolute atomic E-state index is 12.6. The summed E-state index contributed by atoms with van der Waals surface area (Å²) in [5.74, 6) is 0.505. The van der Waals surface area contributed by atoms with Crippen LogP contribution in [0.2, 0.25) is 0 Å². The molecule has 1 aliphatic heterocycles. The summed E-state index contributed by atoms with van der Waals surface area (Å²) in [5, 5.41) is 2.60. The Morgan fingerprint density at radius 1 is 1.23 bits per heavy atom. The number of anilines is 1. The first-order valence-electron chi connectivity index (χ1n) is 8.14. The van der Waals surface area contributed by atoms with E-state index in [4.69, 9.17) is 4.74 Å². The highest BCUT2D eigenvalue weighted by Crippen LogP contribution is 2.30. The van der Waals surface area contributed by atoms with Crippen LogP contribution in [-0.4, -0.2) is 35.1 Å². The fourth-order valence-electron chi connectivity index (χ4n) is 2.65. The molecule has 0 spiro atoms. The lowest BCUT2D eigenvalue weighted by atomic mass is 10.2. The van der Waals surface area contributed by atoms with Crippen LogP contribution in [0, 0.1) is 6.92 Å². The number of urea groups is 1. The van der Waals surface area contributed by atoms with Crippen molar-refractivity contribution in [2.45, 2.75) is 25.6 Å². The number of halogens is 3. The van der Waals surface area contributed by atoms with E-state index in [9.17, 15) is 18.0 Å². The Bertz CT molecular complexity index is 761. The van der Waals surface area contributed by atoms with E-state index in [2.05, 4.69) is 10.3 Å². The summed E-state index contributed by atoms with van der Waals surface area (Å²) in [4.78, 5) is 18.0. The van der Waals surface area contributed by atoms with Gasteiger partial charge in [0.25, 0.3) is 0 Å².